The Labute approximate surface area is 192 Å². The maximum absolute atomic E-state index is 13.4. The number of carbonyl (C=O) groups is 5. The third-order valence-electron chi connectivity index (χ3n) is 5.65. The van der Waals surface area contributed by atoms with E-state index in [2.05, 4.69) is 10.6 Å². The SMILES string of the molecule is CCCCNC(=O)NC(=O)COC(=O)C12CCC(=O)N1c1ccccc1C(=O)N2CC(C)C. The molecular formula is C23H30N4O6. The van der Waals surface area contributed by atoms with Gasteiger partial charge in [-0.25, -0.2) is 9.59 Å². The molecule has 10 heteroatoms. The molecule has 0 bridgehead atoms. The van der Waals surface area contributed by atoms with Gasteiger partial charge < -0.3 is 15.0 Å². The number of nitrogens with one attached hydrogen (secondary N) is 2. The normalized spacial score (nSPS) is 19.3. The van der Waals surface area contributed by atoms with Crippen molar-refractivity contribution in [3.8, 4) is 0 Å². The average Bonchev–Trinajstić information content (AvgIpc) is 3.13. The van der Waals surface area contributed by atoms with E-state index in [1.54, 1.807) is 24.3 Å². The van der Waals surface area contributed by atoms with Crippen molar-refractivity contribution in [3.63, 3.8) is 0 Å². The highest BCUT2D eigenvalue weighted by Gasteiger charge is 2.62. The predicted molar refractivity (Wildman–Crippen MR) is 119 cm³/mol. The van der Waals surface area contributed by atoms with Gasteiger partial charge in [-0.2, -0.15) is 0 Å². The molecule has 0 saturated carbocycles. The van der Waals surface area contributed by atoms with E-state index >= 15 is 0 Å². The number of ether oxygens (including phenoxy) is 1. The van der Waals surface area contributed by atoms with Crippen molar-refractivity contribution in [1.82, 2.24) is 15.5 Å². The van der Waals surface area contributed by atoms with Crippen LogP contribution >= 0.6 is 0 Å². The number of benzene rings is 1. The third-order valence-corrected chi connectivity index (χ3v) is 5.65. The Morgan fingerprint density at radius 2 is 1.91 bits per heavy atom. The molecule has 178 valence electrons. The minimum atomic E-state index is -1.67. The van der Waals surface area contributed by atoms with Gasteiger partial charge in [0.1, 0.15) is 0 Å². The fourth-order valence-electron chi connectivity index (χ4n) is 4.20. The lowest BCUT2D eigenvalue weighted by Crippen LogP contribution is -2.69. The van der Waals surface area contributed by atoms with Crippen LogP contribution in [0.1, 0.15) is 56.8 Å². The van der Waals surface area contributed by atoms with Crippen LogP contribution in [0, 0.1) is 5.92 Å². The minimum Gasteiger partial charge on any atom is -0.452 e. The number of para-hydroxylation sites is 1. The average molecular weight is 459 g/mol. The van der Waals surface area contributed by atoms with Crippen molar-refractivity contribution >= 4 is 35.4 Å². The van der Waals surface area contributed by atoms with E-state index in [1.807, 2.05) is 20.8 Å². The van der Waals surface area contributed by atoms with Gasteiger partial charge in [-0.15, -0.1) is 0 Å². The topological polar surface area (TPSA) is 125 Å². The van der Waals surface area contributed by atoms with Crippen molar-refractivity contribution in [1.29, 1.82) is 0 Å². The number of imide groups is 1. The molecule has 0 aromatic heterocycles. The molecule has 1 aromatic rings. The number of fused-ring (bicyclic) bond motifs is 3. The van der Waals surface area contributed by atoms with Crippen molar-refractivity contribution in [2.24, 2.45) is 5.92 Å². The second-order valence-electron chi connectivity index (χ2n) is 8.61. The fourth-order valence-corrected chi connectivity index (χ4v) is 4.20. The lowest BCUT2D eigenvalue weighted by molar-refractivity contribution is -0.160. The maximum atomic E-state index is 13.4. The number of anilines is 1. The number of esters is 1. The summed E-state index contributed by atoms with van der Waals surface area (Å²) in [5, 5.41) is 4.64. The zero-order chi connectivity index (χ0) is 24.2. The lowest BCUT2D eigenvalue weighted by atomic mass is 9.95. The Hall–Kier alpha value is -3.43. The maximum Gasteiger partial charge on any atom is 0.354 e. The first-order valence-electron chi connectivity index (χ1n) is 11.2. The number of nitrogens with zero attached hydrogens (tertiary/aromatic N) is 2. The van der Waals surface area contributed by atoms with Crippen molar-refractivity contribution < 1.29 is 28.7 Å². The summed E-state index contributed by atoms with van der Waals surface area (Å²) in [7, 11) is 0. The van der Waals surface area contributed by atoms with E-state index < -0.39 is 30.2 Å². The van der Waals surface area contributed by atoms with Gasteiger partial charge in [0.2, 0.25) is 11.6 Å². The molecule has 1 unspecified atom stereocenters. The van der Waals surface area contributed by atoms with Gasteiger partial charge in [-0.1, -0.05) is 39.3 Å². The molecule has 3 rings (SSSR count). The van der Waals surface area contributed by atoms with Crippen LogP contribution in [0.5, 0.6) is 0 Å². The lowest BCUT2D eigenvalue weighted by Gasteiger charge is -2.48. The molecule has 2 N–H and O–H groups in total. The minimum absolute atomic E-state index is 0.0107. The number of rotatable bonds is 8. The van der Waals surface area contributed by atoms with E-state index in [4.69, 9.17) is 4.74 Å². The molecular weight excluding hydrogens is 428 g/mol. The van der Waals surface area contributed by atoms with Gasteiger partial charge in [-0.3, -0.25) is 24.6 Å². The van der Waals surface area contributed by atoms with E-state index in [9.17, 15) is 24.0 Å². The van der Waals surface area contributed by atoms with Crippen LogP contribution in [0.25, 0.3) is 0 Å². The second-order valence-corrected chi connectivity index (χ2v) is 8.61. The summed E-state index contributed by atoms with van der Waals surface area (Å²) in [6.45, 7) is 5.70. The van der Waals surface area contributed by atoms with Crippen LogP contribution in [0.2, 0.25) is 0 Å². The largest absolute Gasteiger partial charge is 0.452 e. The molecule has 2 heterocycles. The Bertz CT molecular complexity index is 962. The van der Waals surface area contributed by atoms with Gasteiger partial charge in [0.25, 0.3) is 11.8 Å². The summed E-state index contributed by atoms with van der Waals surface area (Å²) < 4.78 is 5.28. The van der Waals surface area contributed by atoms with E-state index in [1.165, 1.54) is 9.80 Å². The first kappa shape index (κ1) is 24.2. The predicted octanol–water partition coefficient (Wildman–Crippen LogP) is 1.79. The van der Waals surface area contributed by atoms with Gasteiger partial charge in [0, 0.05) is 25.9 Å². The van der Waals surface area contributed by atoms with Crippen LogP contribution in [0.15, 0.2) is 24.3 Å². The Morgan fingerprint density at radius 1 is 1.18 bits per heavy atom. The van der Waals surface area contributed by atoms with Crippen LogP contribution in [0.4, 0.5) is 10.5 Å². The van der Waals surface area contributed by atoms with E-state index in [0.29, 0.717) is 17.8 Å². The summed E-state index contributed by atoms with van der Waals surface area (Å²) in [4.78, 5) is 66.3. The molecule has 0 radical (unpaired) electrons. The molecule has 2 aliphatic heterocycles. The van der Waals surface area contributed by atoms with Crippen LogP contribution in [-0.2, 0) is 19.1 Å². The summed E-state index contributed by atoms with van der Waals surface area (Å²) >= 11 is 0. The standard InChI is InChI=1S/C23H30N4O6/c1-4-5-12-24-22(32)25-18(28)14-33-21(31)23-11-10-19(29)27(23)17-9-7-6-8-16(17)20(30)26(23)13-15(2)3/h6-9,15H,4-5,10-14H2,1-3H3,(H2,24,25,28,32). The first-order valence-corrected chi connectivity index (χ1v) is 11.2. The molecule has 1 saturated heterocycles. The number of carbonyl (C=O) groups excluding carboxylic acids is 5. The number of amides is 5. The van der Waals surface area contributed by atoms with Gasteiger partial charge >= 0.3 is 12.0 Å². The zero-order valence-corrected chi connectivity index (χ0v) is 19.2. The van der Waals surface area contributed by atoms with Gasteiger partial charge in [0.15, 0.2) is 6.61 Å². The fraction of sp³-hybridized carbons (Fsp3) is 0.522. The van der Waals surface area contributed by atoms with Gasteiger partial charge in [0.05, 0.1) is 11.3 Å². The summed E-state index contributed by atoms with van der Waals surface area (Å²) in [5.41, 5.74) is -0.990. The smallest absolute Gasteiger partial charge is 0.354 e. The van der Waals surface area contributed by atoms with Gasteiger partial charge in [-0.05, 0) is 24.5 Å². The molecule has 1 aromatic carbocycles. The highest BCUT2D eigenvalue weighted by atomic mass is 16.5. The number of unbranched alkanes of at least 4 members (excludes halogenated alkanes) is 1. The molecule has 2 aliphatic rings. The Kier molecular flexibility index (Phi) is 7.35. The molecule has 0 spiro atoms. The van der Waals surface area contributed by atoms with Crippen molar-refractivity contribution in [2.45, 2.75) is 52.1 Å². The second kappa shape index (κ2) is 10.0. The molecule has 0 aliphatic carbocycles. The molecule has 10 nitrogen and oxygen atoms in total. The monoisotopic (exact) mass is 458 g/mol. The number of urea groups is 1. The van der Waals surface area contributed by atoms with Crippen molar-refractivity contribution in [2.75, 3.05) is 24.6 Å². The number of hydrogen-bond acceptors (Lipinski definition) is 6. The van der Waals surface area contributed by atoms with Crippen molar-refractivity contribution in [3.05, 3.63) is 29.8 Å². The highest BCUT2D eigenvalue weighted by molar-refractivity contribution is 6.15. The zero-order valence-electron chi connectivity index (χ0n) is 19.2. The molecule has 33 heavy (non-hydrogen) atoms. The summed E-state index contributed by atoms with van der Waals surface area (Å²) in [6.07, 6.45) is 1.76. The summed E-state index contributed by atoms with van der Waals surface area (Å²) in [5.74, 6) is -2.35. The Balaban J connectivity index is 1.83. The third kappa shape index (κ3) is 4.69. The summed E-state index contributed by atoms with van der Waals surface area (Å²) in [6, 6.07) is 5.96. The molecule has 5 amide bonds. The van der Waals surface area contributed by atoms with Crippen LogP contribution in [-0.4, -0.2) is 60.0 Å². The quantitative estimate of drug-likeness (QED) is 0.452. The molecule has 1 fully saturated rings. The first-order chi connectivity index (χ1) is 15.7. The highest BCUT2D eigenvalue weighted by Crippen LogP contribution is 2.45. The van der Waals surface area contributed by atoms with E-state index in [0.717, 1.165) is 12.8 Å². The number of hydrogen-bond donors (Lipinski definition) is 2. The van der Waals surface area contributed by atoms with Crippen LogP contribution in [0.3, 0.4) is 0 Å². The van der Waals surface area contributed by atoms with E-state index in [-0.39, 0.29) is 37.1 Å². The Morgan fingerprint density at radius 3 is 2.61 bits per heavy atom. The van der Waals surface area contributed by atoms with Crippen LogP contribution < -0.4 is 15.5 Å². The molecule has 1 atom stereocenters.